The Hall–Kier alpha value is -8.06. The standard InChI is InChI=1S/C62H38/c1-5-16-53-41(10-1)28-30-57-59(37-47-12-3-7-18-55(47)61(53)57)49-26-22-39-20-24-45(33-51(39)35-49)43-14-9-15-44(32-43)46-25-21-40-23-27-50(36-52(40)34-46)60-38-48-13-4-8-19-56(48)62-54-17-6-2-11-42(54)29-31-58(60)62/h1-38H. The van der Waals surface area contributed by atoms with Gasteiger partial charge in [0.1, 0.15) is 0 Å². The summed E-state index contributed by atoms with van der Waals surface area (Å²) in [5.41, 5.74) is 9.84. The third-order valence-corrected chi connectivity index (χ3v) is 13.3. The van der Waals surface area contributed by atoms with Crippen LogP contribution < -0.4 is 0 Å². The van der Waals surface area contributed by atoms with Crippen LogP contribution in [0.2, 0.25) is 0 Å². The second-order valence-corrected chi connectivity index (χ2v) is 16.8. The maximum absolute atomic E-state index is 2.38. The van der Waals surface area contributed by atoms with E-state index in [-0.39, 0.29) is 0 Å². The third-order valence-electron chi connectivity index (χ3n) is 13.3. The van der Waals surface area contributed by atoms with Gasteiger partial charge in [0, 0.05) is 0 Å². The minimum Gasteiger partial charge on any atom is -0.0616 e. The Labute approximate surface area is 359 Å². The molecule has 13 rings (SSSR count). The quantitative estimate of drug-likeness (QED) is 0.156. The molecular formula is C62H38. The van der Waals surface area contributed by atoms with Crippen molar-refractivity contribution in [2.75, 3.05) is 0 Å². The number of benzene rings is 13. The molecule has 0 aromatic heterocycles. The van der Waals surface area contributed by atoms with Gasteiger partial charge in [-0.15, -0.1) is 0 Å². The molecule has 0 bridgehead atoms. The number of hydrogen-bond acceptors (Lipinski definition) is 0. The van der Waals surface area contributed by atoms with Crippen molar-refractivity contribution in [3.63, 3.8) is 0 Å². The van der Waals surface area contributed by atoms with E-state index in [1.54, 1.807) is 0 Å². The minimum atomic E-state index is 1.21. The maximum atomic E-state index is 2.38. The van der Waals surface area contributed by atoms with Gasteiger partial charge in [-0.1, -0.05) is 188 Å². The third kappa shape index (κ3) is 5.54. The van der Waals surface area contributed by atoms with Crippen LogP contribution in [0.25, 0.3) is 131 Å². The van der Waals surface area contributed by atoms with E-state index in [0.717, 1.165) is 0 Å². The first-order valence-electron chi connectivity index (χ1n) is 21.6. The Morgan fingerprint density at radius 3 is 0.952 bits per heavy atom. The average Bonchev–Trinajstić information content (AvgIpc) is 3.34. The molecule has 0 spiro atoms. The summed E-state index contributed by atoms with van der Waals surface area (Å²) in [7, 11) is 0. The van der Waals surface area contributed by atoms with Crippen LogP contribution in [0.3, 0.4) is 0 Å². The molecular weight excluding hydrogens is 745 g/mol. The second kappa shape index (κ2) is 13.7. The number of hydrogen-bond donors (Lipinski definition) is 0. The van der Waals surface area contributed by atoms with E-state index in [1.807, 2.05) is 0 Å². The molecule has 13 aromatic rings. The highest BCUT2D eigenvalue weighted by molar-refractivity contribution is 6.25. The van der Waals surface area contributed by atoms with Crippen molar-refractivity contribution in [2.24, 2.45) is 0 Å². The van der Waals surface area contributed by atoms with Crippen LogP contribution in [0.4, 0.5) is 0 Å². The Kier molecular flexibility index (Phi) is 7.71. The van der Waals surface area contributed by atoms with Crippen LogP contribution in [-0.2, 0) is 0 Å². The molecule has 0 nitrogen and oxygen atoms in total. The summed E-state index contributed by atoms with van der Waals surface area (Å²) in [5, 5.41) is 20.4. The average molecular weight is 783 g/mol. The molecule has 0 N–H and O–H groups in total. The van der Waals surface area contributed by atoms with Crippen LogP contribution in [0, 0.1) is 0 Å². The van der Waals surface area contributed by atoms with Gasteiger partial charge in [-0.3, -0.25) is 0 Å². The Balaban J connectivity index is 0.893. The van der Waals surface area contributed by atoms with Crippen LogP contribution in [-0.4, -0.2) is 0 Å². The van der Waals surface area contributed by atoms with Crippen molar-refractivity contribution in [3.05, 3.63) is 231 Å². The highest BCUT2D eigenvalue weighted by Crippen LogP contribution is 2.42. The van der Waals surface area contributed by atoms with Crippen LogP contribution >= 0.6 is 0 Å². The monoisotopic (exact) mass is 782 g/mol. The van der Waals surface area contributed by atoms with E-state index >= 15 is 0 Å². The van der Waals surface area contributed by atoms with Crippen molar-refractivity contribution in [3.8, 4) is 44.5 Å². The summed E-state index contributed by atoms with van der Waals surface area (Å²) >= 11 is 0. The van der Waals surface area contributed by atoms with Crippen LogP contribution in [0.15, 0.2) is 231 Å². The van der Waals surface area contributed by atoms with Crippen molar-refractivity contribution in [1.82, 2.24) is 0 Å². The van der Waals surface area contributed by atoms with Crippen molar-refractivity contribution in [2.45, 2.75) is 0 Å². The lowest BCUT2D eigenvalue weighted by molar-refractivity contribution is 1.61. The van der Waals surface area contributed by atoms with E-state index in [0.29, 0.717) is 0 Å². The van der Waals surface area contributed by atoms with Crippen molar-refractivity contribution in [1.29, 1.82) is 0 Å². The first-order valence-corrected chi connectivity index (χ1v) is 21.6. The van der Waals surface area contributed by atoms with Gasteiger partial charge in [-0.2, -0.15) is 0 Å². The first kappa shape index (κ1) is 34.8. The fraction of sp³-hybridized carbons (Fsp3) is 0. The van der Waals surface area contributed by atoms with Gasteiger partial charge in [0.05, 0.1) is 0 Å². The molecule has 0 unspecified atom stereocenters. The summed E-state index contributed by atoms with van der Waals surface area (Å²) in [6, 6.07) is 85.8. The molecule has 286 valence electrons. The summed E-state index contributed by atoms with van der Waals surface area (Å²) in [6.45, 7) is 0. The minimum absolute atomic E-state index is 1.21. The van der Waals surface area contributed by atoms with Gasteiger partial charge in [-0.25, -0.2) is 0 Å². The SMILES string of the molecule is c1cc(-c2ccc3ccc(-c4cc5ccccc5c5c4ccc4ccccc45)cc3c2)cc(-c2ccc3ccc(-c4cc5ccccc5c5c4ccc4ccccc45)cc3c2)c1. The predicted molar refractivity (Wildman–Crippen MR) is 268 cm³/mol. The summed E-state index contributed by atoms with van der Waals surface area (Å²) in [4.78, 5) is 0. The summed E-state index contributed by atoms with van der Waals surface area (Å²) < 4.78 is 0. The second-order valence-electron chi connectivity index (χ2n) is 16.8. The lowest BCUT2D eigenvalue weighted by Crippen LogP contribution is -1.88. The smallest absolute Gasteiger partial charge is 0.00206 e. The molecule has 0 atom stereocenters. The molecule has 0 aliphatic carbocycles. The van der Waals surface area contributed by atoms with E-state index in [2.05, 4.69) is 231 Å². The molecule has 0 aliphatic rings. The maximum Gasteiger partial charge on any atom is -0.00206 e. The molecule has 0 heteroatoms. The Morgan fingerprint density at radius 1 is 0.161 bits per heavy atom. The zero-order valence-corrected chi connectivity index (χ0v) is 33.9. The zero-order chi connectivity index (χ0) is 40.7. The lowest BCUT2D eigenvalue weighted by Gasteiger charge is -2.15. The van der Waals surface area contributed by atoms with Gasteiger partial charge in [-0.05, 0) is 173 Å². The van der Waals surface area contributed by atoms with Gasteiger partial charge in [0.15, 0.2) is 0 Å². The molecule has 0 heterocycles. The molecule has 13 aromatic carbocycles. The highest BCUT2D eigenvalue weighted by atomic mass is 14.2. The fourth-order valence-corrected chi connectivity index (χ4v) is 10.3. The molecule has 0 saturated heterocycles. The van der Waals surface area contributed by atoms with Gasteiger partial charge in [0.2, 0.25) is 0 Å². The molecule has 0 aliphatic heterocycles. The highest BCUT2D eigenvalue weighted by Gasteiger charge is 2.15. The van der Waals surface area contributed by atoms with E-state index in [1.165, 1.54) is 131 Å². The Bertz CT molecular complexity index is 3690. The normalized spacial score (nSPS) is 11.9. The topological polar surface area (TPSA) is 0 Å². The van der Waals surface area contributed by atoms with Gasteiger partial charge < -0.3 is 0 Å². The van der Waals surface area contributed by atoms with Crippen molar-refractivity contribution < 1.29 is 0 Å². The first-order chi connectivity index (χ1) is 30.7. The van der Waals surface area contributed by atoms with E-state index < -0.39 is 0 Å². The van der Waals surface area contributed by atoms with Crippen LogP contribution in [0.5, 0.6) is 0 Å². The Morgan fingerprint density at radius 2 is 0.500 bits per heavy atom. The zero-order valence-electron chi connectivity index (χ0n) is 33.9. The summed E-state index contributed by atoms with van der Waals surface area (Å²) in [5.74, 6) is 0. The fourth-order valence-electron chi connectivity index (χ4n) is 10.3. The lowest BCUT2D eigenvalue weighted by atomic mass is 9.89. The van der Waals surface area contributed by atoms with E-state index in [4.69, 9.17) is 0 Å². The largest absolute Gasteiger partial charge is 0.0616 e. The van der Waals surface area contributed by atoms with Gasteiger partial charge >= 0.3 is 0 Å². The van der Waals surface area contributed by atoms with Crippen molar-refractivity contribution >= 4 is 86.2 Å². The summed E-state index contributed by atoms with van der Waals surface area (Å²) in [6.07, 6.45) is 0. The van der Waals surface area contributed by atoms with E-state index in [9.17, 15) is 0 Å². The molecule has 0 saturated carbocycles. The predicted octanol–water partition coefficient (Wildman–Crippen LogP) is 17.6. The number of rotatable bonds is 4. The number of fused-ring (bicyclic) bond motifs is 12. The van der Waals surface area contributed by atoms with Crippen LogP contribution in [0.1, 0.15) is 0 Å². The molecule has 62 heavy (non-hydrogen) atoms. The molecule has 0 amide bonds. The molecule has 0 fully saturated rings. The molecule has 0 radical (unpaired) electrons. The van der Waals surface area contributed by atoms with Gasteiger partial charge in [0.25, 0.3) is 0 Å².